The number of allylic oxidation sites excluding steroid dienone is 1. The van der Waals surface area contributed by atoms with Crippen LogP contribution in [0.5, 0.6) is 0 Å². The molecule has 0 aromatic carbocycles. The van der Waals surface area contributed by atoms with Crippen molar-refractivity contribution in [2.75, 3.05) is 0 Å². The number of amides is 1. The maximum atomic E-state index is 11.3. The SMILES string of the molecule is CC(C#N)C(=O)NC1CC=CCC1. The Bertz CT molecular complexity index is 252. The zero-order valence-electron chi connectivity index (χ0n) is 7.79. The fraction of sp³-hybridized carbons (Fsp3) is 0.600. The van der Waals surface area contributed by atoms with Gasteiger partial charge in [-0.25, -0.2) is 0 Å². The molecule has 3 nitrogen and oxygen atoms in total. The molecule has 0 heterocycles. The predicted octanol–water partition coefficient (Wildman–Crippen LogP) is 1.37. The Morgan fingerprint density at radius 2 is 2.46 bits per heavy atom. The molecule has 0 radical (unpaired) electrons. The van der Waals surface area contributed by atoms with Gasteiger partial charge in [-0.1, -0.05) is 12.2 Å². The largest absolute Gasteiger partial charge is 0.352 e. The molecule has 3 heteroatoms. The van der Waals surface area contributed by atoms with Crippen LogP contribution in [0.2, 0.25) is 0 Å². The topological polar surface area (TPSA) is 52.9 Å². The summed E-state index contributed by atoms with van der Waals surface area (Å²) in [6.45, 7) is 1.62. The van der Waals surface area contributed by atoms with E-state index in [1.54, 1.807) is 6.92 Å². The van der Waals surface area contributed by atoms with Crippen molar-refractivity contribution in [2.45, 2.75) is 32.2 Å². The van der Waals surface area contributed by atoms with E-state index in [9.17, 15) is 4.79 Å². The lowest BCUT2D eigenvalue weighted by Crippen LogP contribution is -2.38. The van der Waals surface area contributed by atoms with Crippen LogP contribution in [-0.2, 0) is 4.79 Å². The van der Waals surface area contributed by atoms with Crippen LogP contribution in [0.25, 0.3) is 0 Å². The molecule has 2 unspecified atom stereocenters. The second-order valence-electron chi connectivity index (χ2n) is 3.34. The number of nitrogens with zero attached hydrogens (tertiary/aromatic N) is 1. The number of carbonyl (C=O) groups is 1. The molecular weight excluding hydrogens is 164 g/mol. The summed E-state index contributed by atoms with van der Waals surface area (Å²) >= 11 is 0. The number of hydrogen-bond acceptors (Lipinski definition) is 2. The fourth-order valence-corrected chi connectivity index (χ4v) is 1.31. The van der Waals surface area contributed by atoms with Gasteiger partial charge in [0.1, 0.15) is 5.92 Å². The maximum absolute atomic E-state index is 11.3. The van der Waals surface area contributed by atoms with Gasteiger partial charge in [-0.05, 0) is 26.2 Å². The first-order valence-corrected chi connectivity index (χ1v) is 4.59. The third kappa shape index (κ3) is 2.90. The quantitative estimate of drug-likeness (QED) is 0.649. The molecule has 1 N–H and O–H groups in total. The van der Waals surface area contributed by atoms with E-state index in [0.29, 0.717) is 0 Å². The van der Waals surface area contributed by atoms with Gasteiger partial charge in [-0.15, -0.1) is 0 Å². The zero-order chi connectivity index (χ0) is 9.68. The average Bonchev–Trinajstić information content (AvgIpc) is 2.18. The van der Waals surface area contributed by atoms with Gasteiger partial charge < -0.3 is 5.32 Å². The van der Waals surface area contributed by atoms with E-state index in [4.69, 9.17) is 5.26 Å². The van der Waals surface area contributed by atoms with Crippen molar-refractivity contribution in [1.82, 2.24) is 5.32 Å². The van der Waals surface area contributed by atoms with Crippen molar-refractivity contribution in [2.24, 2.45) is 5.92 Å². The van der Waals surface area contributed by atoms with Crippen LogP contribution in [-0.4, -0.2) is 11.9 Å². The lowest BCUT2D eigenvalue weighted by atomic mass is 10.0. The predicted molar refractivity (Wildman–Crippen MR) is 49.7 cm³/mol. The lowest BCUT2D eigenvalue weighted by Gasteiger charge is -2.19. The highest BCUT2D eigenvalue weighted by Gasteiger charge is 2.16. The van der Waals surface area contributed by atoms with Gasteiger partial charge in [-0.2, -0.15) is 5.26 Å². The second-order valence-corrected chi connectivity index (χ2v) is 3.34. The minimum absolute atomic E-state index is 0.150. The maximum Gasteiger partial charge on any atom is 0.237 e. The minimum atomic E-state index is -0.536. The second kappa shape index (κ2) is 4.66. The van der Waals surface area contributed by atoms with Crippen molar-refractivity contribution in [3.05, 3.63) is 12.2 Å². The summed E-state index contributed by atoms with van der Waals surface area (Å²) in [7, 11) is 0. The molecule has 0 aliphatic heterocycles. The van der Waals surface area contributed by atoms with Gasteiger partial charge in [0.25, 0.3) is 0 Å². The molecule has 0 fully saturated rings. The van der Waals surface area contributed by atoms with E-state index in [-0.39, 0.29) is 11.9 Å². The Kier molecular flexibility index (Phi) is 3.51. The van der Waals surface area contributed by atoms with Gasteiger partial charge in [0.05, 0.1) is 6.07 Å². The highest BCUT2D eigenvalue weighted by Crippen LogP contribution is 2.10. The molecule has 1 aliphatic rings. The van der Waals surface area contributed by atoms with Crippen molar-refractivity contribution < 1.29 is 4.79 Å². The Hall–Kier alpha value is -1.30. The molecule has 2 atom stereocenters. The monoisotopic (exact) mass is 178 g/mol. The highest BCUT2D eigenvalue weighted by atomic mass is 16.1. The zero-order valence-corrected chi connectivity index (χ0v) is 7.79. The minimum Gasteiger partial charge on any atom is -0.352 e. The number of nitrogens with one attached hydrogen (secondary N) is 1. The van der Waals surface area contributed by atoms with Crippen LogP contribution < -0.4 is 5.32 Å². The number of nitriles is 1. The lowest BCUT2D eigenvalue weighted by molar-refractivity contribution is -0.123. The smallest absolute Gasteiger partial charge is 0.237 e. The summed E-state index contributed by atoms with van der Waals surface area (Å²) in [5.74, 6) is -0.686. The van der Waals surface area contributed by atoms with E-state index in [1.165, 1.54) is 0 Å². The van der Waals surface area contributed by atoms with Gasteiger partial charge in [0, 0.05) is 6.04 Å². The molecule has 13 heavy (non-hydrogen) atoms. The molecule has 1 aliphatic carbocycles. The summed E-state index contributed by atoms with van der Waals surface area (Å²) in [5, 5.41) is 11.4. The van der Waals surface area contributed by atoms with Crippen LogP contribution in [0, 0.1) is 17.2 Å². The summed E-state index contributed by atoms with van der Waals surface area (Å²) in [6.07, 6.45) is 7.10. The van der Waals surface area contributed by atoms with Crippen LogP contribution in [0.4, 0.5) is 0 Å². The molecule has 0 saturated heterocycles. The molecule has 70 valence electrons. The first-order chi connectivity index (χ1) is 6.24. The average molecular weight is 178 g/mol. The number of carbonyl (C=O) groups excluding carboxylic acids is 1. The molecule has 1 rings (SSSR count). The Labute approximate surface area is 78.4 Å². The Balaban J connectivity index is 2.36. The molecule has 0 aromatic rings. The Morgan fingerprint density at radius 3 is 3.00 bits per heavy atom. The van der Waals surface area contributed by atoms with E-state index in [1.807, 2.05) is 6.07 Å². The number of rotatable bonds is 2. The fourth-order valence-electron chi connectivity index (χ4n) is 1.31. The molecule has 0 bridgehead atoms. The van der Waals surface area contributed by atoms with E-state index < -0.39 is 5.92 Å². The van der Waals surface area contributed by atoms with Crippen LogP contribution in [0.1, 0.15) is 26.2 Å². The van der Waals surface area contributed by atoms with Crippen molar-refractivity contribution in [3.8, 4) is 6.07 Å². The number of hydrogen-bond donors (Lipinski definition) is 1. The van der Waals surface area contributed by atoms with E-state index in [0.717, 1.165) is 19.3 Å². The summed E-state index contributed by atoms with van der Waals surface area (Å²) in [6, 6.07) is 2.15. The van der Waals surface area contributed by atoms with Crippen LogP contribution in [0.3, 0.4) is 0 Å². The van der Waals surface area contributed by atoms with Crippen molar-refractivity contribution in [3.63, 3.8) is 0 Å². The first kappa shape index (κ1) is 9.79. The van der Waals surface area contributed by atoms with Gasteiger partial charge in [0.2, 0.25) is 5.91 Å². The van der Waals surface area contributed by atoms with Crippen LogP contribution in [0.15, 0.2) is 12.2 Å². The standard InChI is InChI=1S/C10H14N2O/c1-8(7-11)10(13)12-9-5-3-2-4-6-9/h2-3,8-9H,4-6H2,1H3,(H,12,13). The van der Waals surface area contributed by atoms with Crippen LogP contribution >= 0.6 is 0 Å². The first-order valence-electron chi connectivity index (χ1n) is 4.59. The summed E-state index contributed by atoms with van der Waals surface area (Å²) in [4.78, 5) is 11.3. The normalized spacial score (nSPS) is 23.2. The van der Waals surface area contributed by atoms with Gasteiger partial charge in [-0.3, -0.25) is 4.79 Å². The third-order valence-corrected chi connectivity index (χ3v) is 2.20. The van der Waals surface area contributed by atoms with E-state index in [2.05, 4.69) is 17.5 Å². The summed E-state index contributed by atoms with van der Waals surface area (Å²) in [5.41, 5.74) is 0. The van der Waals surface area contributed by atoms with Crippen molar-refractivity contribution >= 4 is 5.91 Å². The van der Waals surface area contributed by atoms with Gasteiger partial charge in [0.15, 0.2) is 0 Å². The highest BCUT2D eigenvalue weighted by molar-refractivity contribution is 5.80. The van der Waals surface area contributed by atoms with Crippen molar-refractivity contribution in [1.29, 1.82) is 5.26 Å². The van der Waals surface area contributed by atoms with E-state index >= 15 is 0 Å². The molecule has 0 spiro atoms. The van der Waals surface area contributed by atoms with Gasteiger partial charge >= 0.3 is 0 Å². The molecule has 0 aromatic heterocycles. The third-order valence-electron chi connectivity index (χ3n) is 2.20. The summed E-state index contributed by atoms with van der Waals surface area (Å²) < 4.78 is 0. The molecule has 0 saturated carbocycles. The molecular formula is C10H14N2O. The molecule has 1 amide bonds. The Morgan fingerprint density at radius 1 is 1.69 bits per heavy atom.